The lowest BCUT2D eigenvalue weighted by molar-refractivity contribution is 0.471. The third kappa shape index (κ3) is 3.35. The minimum atomic E-state index is -4.51. The second-order valence-electron chi connectivity index (χ2n) is 7.10. The molecule has 5 aromatic rings. The first-order valence-electron chi connectivity index (χ1n) is 9.03. The molecule has 0 bridgehead atoms. The Morgan fingerprint density at radius 3 is 2.09 bits per heavy atom. The van der Waals surface area contributed by atoms with Gasteiger partial charge in [-0.1, -0.05) is 12.1 Å². The fraction of sp³-hybridized carbons (Fsp3) is 0. The van der Waals surface area contributed by atoms with Gasteiger partial charge in [0, 0.05) is 16.8 Å². The Kier molecular flexibility index (Phi) is 4.26. The average molecular weight is 471 g/mol. The zero-order valence-electron chi connectivity index (χ0n) is 15.9. The first kappa shape index (κ1) is 20.3. The molecule has 0 atom stereocenters. The van der Waals surface area contributed by atoms with Crippen LogP contribution in [0, 0.1) is 0 Å². The number of rotatable bonds is 3. The fourth-order valence-electron chi connectivity index (χ4n) is 3.54. The van der Waals surface area contributed by atoms with Crippen molar-refractivity contribution in [1.29, 1.82) is 0 Å². The molecule has 0 fully saturated rings. The second kappa shape index (κ2) is 6.71. The van der Waals surface area contributed by atoms with Gasteiger partial charge in [0.05, 0.1) is 15.5 Å². The van der Waals surface area contributed by atoms with Crippen molar-refractivity contribution in [3.8, 4) is 11.4 Å². The van der Waals surface area contributed by atoms with Crippen molar-refractivity contribution in [3.05, 3.63) is 60.7 Å². The molecule has 4 aromatic carbocycles. The molecule has 0 saturated carbocycles. The highest BCUT2D eigenvalue weighted by Crippen LogP contribution is 2.31. The van der Waals surface area contributed by atoms with E-state index in [0.29, 0.717) is 38.3 Å². The molecule has 3 N–H and O–H groups in total. The number of hydrogen-bond acceptors (Lipinski definition) is 7. The van der Waals surface area contributed by atoms with Crippen LogP contribution in [0.3, 0.4) is 0 Å². The monoisotopic (exact) mass is 471 g/mol. The molecule has 0 amide bonds. The van der Waals surface area contributed by atoms with Crippen molar-refractivity contribution in [2.75, 3.05) is 0 Å². The summed E-state index contributed by atoms with van der Waals surface area (Å²) in [5, 5.41) is 20.9. The van der Waals surface area contributed by atoms with Gasteiger partial charge in [0.2, 0.25) is 0 Å². The zero-order chi connectivity index (χ0) is 22.8. The molecule has 0 aliphatic heterocycles. The Hall–Kier alpha value is -3.58. The van der Waals surface area contributed by atoms with E-state index in [0.717, 1.165) is 6.07 Å². The van der Waals surface area contributed by atoms with Crippen LogP contribution in [0.2, 0.25) is 0 Å². The van der Waals surface area contributed by atoms with Crippen molar-refractivity contribution in [3.63, 3.8) is 0 Å². The van der Waals surface area contributed by atoms with Gasteiger partial charge in [-0.15, -0.1) is 10.2 Å². The van der Waals surface area contributed by atoms with E-state index in [4.69, 9.17) is 0 Å². The standard InChI is InChI=1S/C20H13N3O7S2/c24-19-10-15(32(28,29)30)9-12-7-13(2-4-16(12)19)23-21-18-6-1-11-8-14(31(25,26)27)3-5-17(11)20(18)22-23/h1-10,24H,(H,25,26,27)(H,28,29,30). The summed E-state index contributed by atoms with van der Waals surface area (Å²) < 4.78 is 64.3. The SMILES string of the molecule is O=S(=O)(O)c1cc(O)c2ccc(-n3nc4ccc5cc(S(=O)(=O)O)ccc5c4n3)cc2c1. The summed E-state index contributed by atoms with van der Waals surface area (Å²) in [6, 6.07) is 14.4. The van der Waals surface area contributed by atoms with Crippen LogP contribution >= 0.6 is 0 Å². The van der Waals surface area contributed by atoms with Gasteiger partial charge in [-0.3, -0.25) is 9.11 Å². The number of aromatic nitrogens is 3. The van der Waals surface area contributed by atoms with Gasteiger partial charge in [0.25, 0.3) is 20.2 Å². The first-order chi connectivity index (χ1) is 15.0. The van der Waals surface area contributed by atoms with Crippen LogP contribution in [-0.4, -0.2) is 46.0 Å². The predicted octanol–water partition coefficient (Wildman–Crippen LogP) is 2.93. The molecule has 0 radical (unpaired) electrons. The van der Waals surface area contributed by atoms with Gasteiger partial charge < -0.3 is 5.11 Å². The molecule has 12 heteroatoms. The Morgan fingerprint density at radius 1 is 0.688 bits per heavy atom. The van der Waals surface area contributed by atoms with Crippen LogP contribution in [0.25, 0.3) is 38.3 Å². The summed E-state index contributed by atoms with van der Waals surface area (Å²) >= 11 is 0. The largest absolute Gasteiger partial charge is 0.507 e. The number of hydrogen-bond donors (Lipinski definition) is 3. The van der Waals surface area contributed by atoms with E-state index in [1.54, 1.807) is 30.3 Å². The third-order valence-corrected chi connectivity index (χ3v) is 6.73. The Labute approximate surface area is 180 Å². The van der Waals surface area contributed by atoms with Crippen LogP contribution in [0.15, 0.2) is 70.5 Å². The smallest absolute Gasteiger partial charge is 0.294 e. The van der Waals surface area contributed by atoms with E-state index < -0.39 is 25.1 Å². The van der Waals surface area contributed by atoms with Crippen molar-refractivity contribution in [2.24, 2.45) is 0 Å². The lowest BCUT2D eigenvalue weighted by Crippen LogP contribution is -2.00. The molecule has 0 aliphatic rings. The number of phenolic OH excluding ortho intramolecular Hbond substituents is 1. The Balaban J connectivity index is 1.69. The summed E-state index contributed by atoms with van der Waals surface area (Å²) in [5.74, 6) is -0.305. The minimum absolute atomic E-state index is 0.235. The third-order valence-electron chi connectivity index (χ3n) is 5.05. The van der Waals surface area contributed by atoms with Crippen LogP contribution in [0.4, 0.5) is 0 Å². The lowest BCUT2D eigenvalue weighted by Gasteiger charge is -2.06. The summed E-state index contributed by atoms with van der Waals surface area (Å²) in [7, 11) is -8.86. The highest BCUT2D eigenvalue weighted by molar-refractivity contribution is 7.86. The number of aromatic hydroxyl groups is 1. The molecule has 0 saturated heterocycles. The van der Waals surface area contributed by atoms with Gasteiger partial charge in [-0.25, -0.2) is 0 Å². The normalized spacial score (nSPS) is 12.7. The average Bonchev–Trinajstić information content (AvgIpc) is 3.16. The minimum Gasteiger partial charge on any atom is -0.507 e. The summed E-state index contributed by atoms with van der Waals surface area (Å²) in [4.78, 5) is 0.636. The van der Waals surface area contributed by atoms with E-state index in [9.17, 15) is 31.0 Å². The van der Waals surface area contributed by atoms with E-state index in [1.807, 2.05) is 0 Å². The molecular weight excluding hydrogens is 458 g/mol. The zero-order valence-corrected chi connectivity index (χ0v) is 17.5. The molecule has 1 heterocycles. The van der Waals surface area contributed by atoms with Crippen LogP contribution in [0.1, 0.15) is 0 Å². The van der Waals surface area contributed by atoms with E-state index in [-0.39, 0.29) is 10.6 Å². The lowest BCUT2D eigenvalue weighted by atomic mass is 10.1. The molecule has 32 heavy (non-hydrogen) atoms. The Bertz CT molecular complexity index is 1790. The maximum atomic E-state index is 11.5. The topological polar surface area (TPSA) is 160 Å². The fourth-order valence-corrected chi connectivity index (χ4v) is 4.60. The van der Waals surface area contributed by atoms with Crippen LogP contribution in [0.5, 0.6) is 5.75 Å². The van der Waals surface area contributed by atoms with Crippen molar-refractivity contribution in [1.82, 2.24) is 15.0 Å². The summed E-state index contributed by atoms with van der Waals surface area (Å²) in [6.45, 7) is 0. The molecule has 5 rings (SSSR count). The quantitative estimate of drug-likeness (QED) is 0.336. The molecule has 162 valence electrons. The Morgan fingerprint density at radius 2 is 1.38 bits per heavy atom. The second-order valence-corrected chi connectivity index (χ2v) is 9.95. The summed E-state index contributed by atoms with van der Waals surface area (Å²) in [5.41, 5.74) is 1.47. The predicted molar refractivity (Wildman–Crippen MR) is 115 cm³/mol. The molecule has 0 aliphatic carbocycles. The van der Waals surface area contributed by atoms with Crippen molar-refractivity contribution < 1.29 is 31.0 Å². The van der Waals surface area contributed by atoms with Crippen molar-refractivity contribution in [2.45, 2.75) is 9.79 Å². The maximum Gasteiger partial charge on any atom is 0.294 e. The highest BCUT2D eigenvalue weighted by Gasteiger charge is 2.16. The number of phenols is 1. The first-order valence-corrected chi connectivity index (χ1v) is 11.9. The van der Waals surface area contributed by atoms with Gasteiger partial charge in [0.1, 0.15) is 16.8 Å². The van der Waals surface area contributed by atoms with Gasteiger partial charge in [-0.05, 0) is 53.2 Å². The molecule has 0 spiro atoms. The number of fused-ring (bicyclic) bond motifs is 4. The molecule has 10 nitrogen and oxygen atoms in total. The summed E-state index contributed by atoms with van der Waals surface area (Å²) in [6.07, 6.45) is 0. The number of nitrogens with zero attached hydrogens (tertiary/aromatic N) is 3. The van der Waals surface area contributed by atoms with Crippen molar-refractivity contribution >= 4 is 52.8 Å². The molecule has 1 aromatic heterocycles. The van der Waals surface area contributed by atoms with Crippen LogP contribution < -0.4 is 0 Å². The maximum absolute atomic E-state index is 11.5. The van der Waals surface area contributed by atoms with E-state index in [2.05, 4.69) is 10.2 Å². The molecule has 0 unspecified atom stereocenters. The van der Waals surface area contributed by atoms with Gasteiger partial charge in [0.15, 0.2) is 0 Å². The van der Waals surface area contributed by atoms with E-state index >= 15 is 0 Å². The number of benzene rings is 4. The van der Waals surface area contributed by atoms with Crippen LogP contribution in [-0.2, 0) is 20.2 Å². The van der Waals surface area contributed by atoms with Gasteiger partial charge in [-0.2, -0.15) is 21.6 Å². The highest BCUT2D eigenvalue weighted by atomic mass is 32.2. The van der Waals surface area contributed by atoms with Gasteiger partial charge >= 0.3 is 0 Å². The molecular formula is C20H13N3O7S2. The van der Waals surface area contributed by atoms with E-state index in [1.165, 1.54) is 29.1 Å².